The van der Waals surface area contributed by atoms with E-state index >= 15 is 0 Å². The number of ketones is 1. The molecule has 0 spiro atoms. The lowest BCUT2D eigenvalue weighted by molar-refractivity contribution is 0.0495. The monoisotopic (exact) mass is 369 g/mol. The van der Waals surface area contributed by atoms with Gasteiger partial charge in [0.05, 0.1) is 23.4 Å². The molecule has 0 atom stereocenters. The van der Waals surface area contributed by atoms with Crippen LogP contribution in [0.15, 0.2) is 42.5 Å². The fraction of sp³-hybridized carbons (Fsp3) is 0.364. The molecule has 0 radical (unpaired) electrons. The second-order valence-electron chi connectivity index (χ2n) is 6.30. The number of esters is 1. The van der Waals surface area contributed by atoms with Gasteiger partial charge < -0.3 is 15.2 Å². The lowest BCUT2D eigenvalue weighted by atomic mass is 9.97. The van der Waals surface area contributed by atoms with Crippen molar-refractivity contribution in [2.75, 3.05) is 18.5 Å². The predicted molar refractivity (Wildman–Crippen MR) is 107 cm³/mol. The normalized spacial score (nSPS) is 10.4. The summed E-state index contributed by atoms with van der Waals surface area (Å²) in [4.78, 5) is 25.4. The molecule has 0 aliphatic rings. The third-order valence-electron chi connectivity index (χ3n) is 4.27. The summed E-state index contributed by atoms with van der Waals surface area (Å²) in [6.45, 7) is 4.97. The van der Waals surface area contributed by atoms with Crippen LogP contribution in [0.4, 0.5) is 5.69 Å². The van der Waals surface area contributed by atoms with Gasteiger partial charge >= 0.3 is 5.97 Å². The summed E-state index contributed by atoms with van der Waals surface area (Å²) in [5.74, 6) is -1.05. The number of carbonyl (C=O) groups is 2. The van der Waals surface area contributed by atoms with Crippen molar-refractivity contribution in [3.05, 3.63) is 59.2 Å². The van der Waals surface area contributed by atoms with Gasteiger partial charge in [-0.15, -0.1) is 0 Å². The zero-order valence-corrected chi connectivity index (χ0v) is 16.0. The van der Waals surface area contributed by atoms with E-state index in [1.54, 1.807) is 42.5 Å². The van der Waals surface area contributed by atoms with Gasteiger partial charge in [-0.25, -0.2) is 4.79 Å². The van der Waals surface area contributed by atoms with Crippen molar-refractivity contribution in [3.8, 4) is 5.75 Å². The molecule has 0 aromatic heterocycles. The van der Waals surface area contributed by atoms with Crippen LogP contribution in [0.5, 0.6) is 5.75 Å². The van der Waals surface area contributed by atoms with E-state index in [2.05, 4.69) is 12.2 Å². The molecule has 0 aliphatic heterocycles. The van der Waals surface area contributed by atoms with Crippen molar-refractivity contribution in [1.29, 1.82) is 0 Å². The minimum absolute atomic E-state index is 0.118. The van der Waals surface area contributed by atoms with Crippen LogP contribution in [-0.2, 0) is 4.74 Å². The molecule has 0 amide bonds. The van der Waals surface area contributed by atoms with Crippen LogP contribution in [-0.4, -0.2) is 30.0 Å². The maximum absolute atomic E-state index is 13.0. The largest absolute Gasteiger partial charge is 0.505 e. The van der Waals surface area contributed by atoms with E-state index in [1.165, 1.54) is 0 Å². The van der Waals surface area contributed by atoms with Crippen LogP contribution in [0, 0.1) is 0 Å². The molecule has 5 nitrogen and oxygen atoms in total. The molecule has 0 saturated heterocycles. The van der Waals surface area contributed by atoms with E-state index in [9.17, 15) is 14.7 Å². The van der Waals surface area contributed by atoms with Crippen LogP contribution < -0.4 is 5.32 Å². The summed E-state index contributed by atoms with van der Waals surface area (Å²) in [5.41, 5.74) is 1.07. The average molecular weight is 369 g/mol. The number of aromatic hydroxyl groups is 1. The number of nitrogens with one attached hydrogen (secondary N) is 1. The van der Waals surface area contributed by atoms with E-state index in [4.69, 9.17) is 4.74 Å². The minimum atomic E-state index is -0.516. The smallest absolute Gasteiger partial charge is 0.338 e. The Balaban J connectivity index is 2.21. The average Bonchev–Trinajstić information content (AvgIpc) is 2.69. The number of hydrogen-bond acceptors (Lipinski definition) is 5. The number of phenols is 1. The minimum Gasteiger partial charge on any atom is -0.505 e. The fourth-order valence-electron chi connectivity index (χ4n) is 2.84. The number of hydrogen-bond donors (Lipinski definition) is 2. The third-order valence-corrected chi connectivity index (χ3v) is 4.27. The Morgan fingerprint density at radius 2 is 1.63 bits per heavy atom. The Kier molecular flexibility index (Phi) is 7.86. The Morgan fingerprint density at radius 3 is 2.33 bits per heavy atom. The molecule has 144 valence electrons. The summed E-state index contributed by atoms with van der Waals surface area (Å²) in [7, 11) is 0. The van der Waals surface area contributed by atoms with Crippen LogP contribution >= 0.6 is 0 Å². The Bertz CT molecular complexity index is 786. The lowest BCUT2D eigenvalue weighted by Gasteiger charge is -2.12. The van der Waals surface area contributed by atoms with Gasteiger partial charge in [-0.2, -0.15) is 0 Å². The zero-order chi connectivity index (χ0) is 19.6. The summed E-state index contributed by atoms with van der Waals surface area (Å²) >= 11 is 0. The van der Waals surface area contributed by atoms with Crippen LogP contribution in [0.25, 0.3) is 0 Å². The number of rotatable bonds is 10. The van der Waals surface area contributed by atoms with Crippen molar-refractivity contribution in [1.82, 2.24) is 0 Å². The van der Waals surface area contributed by atoms with Gasteiger partial charge in [-0.1, -0.05) is 50.5 Å². The van der Waals surface area contributed by atoms with Crippen molar-refractivity contribution in [2.45, 2.75) is 39.5 Å². The predicted octanol–water partition coefficient (Wildman–Crippen LogP) is 4.79. The molecule has 5 heteroatoms. The van der Waals surface area contributed by atoms with Crippen molar-refractivity contribution in [2.24, 2.45) is 0 Å². The first kappa shape index (κ1) is 20.5. The summed E-state index contributed by atoms with van der Waals surface area (Å²) < 4.78 is 5.33. The Labute approximate surface area is 160 Å². The highest BCUT2D eigenvalue weighted by atomic mass is 16.5. The maximum atomic E-state index is 13.0. The molecule has 0 saturated carbocycles. The van der Waals surface area contributed by atoms with E-state index < -0.39 is 11.8 Å². The number of unbranched alkanes of at least 4 members (excludes halogenated alkanes) is 3. The quantitative estimate of drug-likeness (QED) is 0.272. The van der Waals surface area contributed by atoms with Gasteiger partial charge in [-0.3, -0.25) is 4.79 Å². The SMILES string of the molecule is CCCCCCOC(=O)c1ccccc1C(=O)c1cccc(NCC)c1O. The van der Waals surface area contributed by atoms with Crippen LogP contribution in [0.3, 0.4) is 0 Å². The molecule has 2 rings (SSSR count). The highest BCUT2D eigenvalue weighted by molar-refractivity contribution is 6.16. The van der Waals surface area contributed by atoms with Gasteiger partial charge in [0.2, 0.25) is 0 Å². The van der Waals surface area contributed by atoms with Gasteiger partial charge in [-0.05, 0) is 31.5 Å². The van der Waals surface area contributed by atoms with E-state index in [-0.39, 0.29) is 22.4 Å². The second-order valence-corrected chi connectivity index (χ2v) is 6.30. The molecule has 2 aromatic carbocycles. The van der Waals surface area contributed by atoms with Gasteiger partial charge in [0.25, 0.3) is 0 Å². The van der Waals surface area contributed by atoms with Gasteiger partial charge in [0, 0.05) is 12.1 Å². The maximum Gasteiger partial charge on any atom is 0.338 e. The highest BCUT2D eigenvalue weighted by Gasteiger charge is 2.22. The number of anilines is 1. The molecule has 2 N–H and O–H groups in total. The molecule has 2 aromatic rings. The molecule has 27 heavy (non-hydrogen) atoms. The van der Waals surface area contributed by atoms with Crippen molar-refractivity contribution < 1.29 is 19.4 Å². The first-order valence-corrected chi connectivity index (χ1v) is 9.46. The summed E-state index contributed by atoms with van der Waals surface area (Å²) in [5, 5.41) is 13.4. The van der Waals surface area contributed by atoms with Crippen molar-refractivity contribution in [3.63, 3.8) is 0 Å². The van der Waals surface area contributed by atoms with E-state index in [0.717, 1.165) is 25.7 Å². The molecule has 0 heterocycles. The van der Waals surface area contributed by atoms with Crippen molar-refractivity contribution >= 4 is 17.4 Å². The molecular formula is C22H27NO4. The van der Waals surface area contributed by atoms with Gasteiger partial charge in [0.15, 0.2) is 5.78 Å². The Hall–Kier alpha value is -2.82. The van der Waals surface area contributed by atoms with Gasteiger partial charge in [0.1, 0.15) is 5.75 Å². The molecular weight excluding hydrogens is 342 g/mol. The standard InChI is InChI=1S/C22H27NO4/c1-3-5-6-9-15-27-22(26)17-12-8-7-11-16(17)20(24)18-13-10-14-19(21(18)25)23-4-2/h7-8,10-14,23,25H,3-6,9,15H2,1-2H3. The number of phenolic OH excluding ortho intramolecular Hbond substituents is 1. The second kappa shape index (κ2) is 10.4. The number of para-hydroxylation sites is 1. The molecule has 0 fully saturated rings. The number of benzene rings is 2. The number of carbonyl (C=O) groups excluding carboxylic acids is 2. The van der Waals surface area contributed by atoms with Crippen LogP contribution in [0.1, 0.15) is 65.8 Å². The number of ether oxygens (including phenoxy) is 1. The lowest BCUT2D eigenvalue weighted by Crippen LogP contribution is -2.13. The Morgan fingerprint density at radius 1 is 0.926 bits per heavy atom. The molecule has 0 aliphatic carbocycles. The van der Waals surface area contributed by atoms with E-state index in [0.29, 0.717) is 18.8 Å². The van der Waals surface area contributed by atoms with E-state index in [1.807, 2.05) is 6.92 Å². The fourth-order valence-corrected chi connectivity index (χ4v) is 2.84. The first-order chi connectivity index (χ1) is 13.1. The molecule has 0 bridgehead atoms. The first-order valence-electron chi connectivity index (χ1n) is 9.46. The zero-order valence-electron chi connectivity index (χ0n) is 16.0. The molecule has 0 unspecified atom stereocenters. The third kappa shape index (κ3) is 5.33. The topological polar surface area (TPSA) is 75.6 Å². The summed E-state index contributed by atoms with van der Waals surface area (Å²) in [6, 6.07) is 11.5. The highest BCUT2D eigenvalue weighted by Crippen LogP contribution is 2.30. The van der Waals surface area contributed by atoms with Crippen LogP contribution in [0.2, 0.25) is 0 Å². The summed E-state index contributed by atoms with van der Waals surface area (Å²) in [6.07, 6.45) is 4.03.